The first-order chi connectivity index (χ1) is 8.84. The molecule has 0 aliphatic rings. The molecule has 1 aromatic carbocycles. The topological polar surface area (TPSA) is 26.3 Å². The number of ether oxygens (including phenoxy) is 1. The highest BCUT2D eigenvalue weighted by atomic mass is 19.4. The number of rotatable bonds is 6. The second-order valence-electron chi connectivity index (χ2n) is 4.75. The summed E-state index contributed by atoms with van der Waals surface area (Å²) in [5.74, 6) is 0.674. The number of aldehydes is 1. The molecule has 0 bridgehead atoms. The Morgan fingerprint density at radius 1 is 1.32 bits per heavy atom. The molecule has 1 rings (SSSR count). The van der Waals surface area contributed by atoms with Gasteiger partial charge in [-0.1, -0.05) is 13.8 Å². The third-order valence-corrected chi connectivity index (χ3v) is 2.65. The molecule has 0 aromatic heterocycles. The van der Waals surface area contributed by atoms with Crippen LogP contribution in [0.3, 0.4) is 0 Å². The van der Waals surface area contributed by atoms with Crippen LogP contribution in [-0.2, 0) is 6.18 Å². The Morgan fingerprint density at radius 3 is 2.53 bits per heavy atom. The zero-order chi connectivity index (χ0) is 14.5. The first-order valence-electron chi connectivity index (χ1n) is 6.14. The van der Waals surface area contributed by atoms with Gasteiger partial charge in [0.2, 0.25) is 0 Å². The summed E-state index contributed by atoms with van der Waals surface area (Å²) in [5.41, 5.74) is -1.33. The van der Waals surface area contributed by atoms with E-state index in [1.165, 1.54) is 6.07 Å². The van der Waals surface area contributed by atoms with Crippen LogP contribution in [0, 0.1) is 5.92 Å². The predicted molar refractivity (Wildman–Crippen MR) is 66.4 cm³/mol. The Kier molecular flexibility index (Phi) is 5.39. The van der Waals surface area contributed by atoms with Gasteiger partial charge in [-0.15, -0.1) is 0 Å². The molecule has 2 nitrogen and oxygen atoms in total. The Balaban J connectivity index is 2.73. The van der Waals surface area contributed by atoms with Gasteiger partial charge >= 0.3 is 6.18 Å². The summed E-state index contributed by atoms with van der Waals surface area (Å²) < 4.78 is 43.4. The number of carbonyl (C=O) groups is 1. The van der Waals surface area contributed by atoms with Crippen LogP contribution in [0.25, 0.3) is 0 Å². The van der Waals surface area contributed by atoms with Crippen LogP contribution in [-0.4, -0.2) is 12.9 Å². The van der Waals surface area contributed by atoms with Crippen molar-refractivity contribution in [3.8, 4) is 5.75 Å². The third-order valence-electron chi connectivity index (χ3n) is 2.65. The maximum atomic E-state index is 12.7. The lowest BCUT2D eigenvalue weighted by atomic mass is 10.1. The van der Waals surface area contributed by atoms with E-state index >= 15 is 0 Å². The van der Waals surface area contributed by atoms with Crippen molar-refractivity contribution in [1.82, 2.24) is 0 Å². The lowest BCUT2D eigenvalue weighted by Gasteiger charge is -2.12. The van der Waals surface area contributed by atoms with Crippen molar-refractivity contribution in [3.63, 3.8) is 0 Å². The van der Waals surface area contributed by atoms with Crippen molar-refractivity contribution in [2.45, 2.75) is 32.9 Å². The van der Waals surface area contributed by atoms with Gasteiger partial charge in [0, 0.05) is 5.56 Å². The van der Waals surface area contributed by atoms with Gasteiger partial charge in [-0.05, 0) is 37.0 Å². The third kappa shape index (κ3) is 4.93. The summed E-state index contributed by atoms with van der Waals surface area (Å²) in [6.07, 6.45) is -2.61. The van der Waals surface area contributed by atoms with Gasteiger partial charge in [-0.2, -0.15) is 13.2 Å². The van der Waals surface area contributed by atoms with Crippen LogP contribution in [0.2, 0.25) is 0 Å². The van der Waals surface area contributed by atoms with E-state index < -0.39 is 11.7 Å². The smallest absolute Gasteiger partial charge is 0.417 e. The standard InChI is InChI=1S/C14H17F3O2/c1-10(2)4-3-7-19-12-6-5-11(9-18)13(8-12)14(15,16)17/h5-6,8-10H,3-4,7H2,1-2H3. The van der Waals surface area contributed by atoms with Crippen LogP contribution in [0.4, 0.5) is 13.2 Å². The van der Waals surface area contributed by atoms with Crippen LogP contribution >= 0.6 is 0 Å². The summed E-state index contributed by atoms with van der Waals surface area (Å²) >= 11 is 0. The number of hydrogen-bond donors (Lipinski definition) is 0. The van der Waals surface area contributed by atoms with E-state index in [1.54, 1.807) is 0 Å². The monoisotopic (exact) mass is 274 g/mol. The average molecular weight is 274 g/mol. The van der Waals surface area contributed by atoms with Crippen LogP contribution in [0.15, 0.2) is 18.2 Å². The number of carbonyl (C=O) groups excluding carboxylic acids is 1. The molecule has 0 saturated carbocycles. The van der Waals surface area contributed by atoms with Gasteiger partial charge < -0.3 is 4.74 Å². The molecule has 5 heteroatoms. The molecule has 0 heterocycles. The van der Waals surface area contributed by atoms with Gasteiger partial charge in [-0.25, -0.2) is 0 Å². The Morgan fingerprint density at radius 2 is 2.00 bits per heavy atom. The molecule has 0 N–H and O–H groups in total. The quantitative estimate of drug-likeness (QED) is 0.570. The molecular formula is C14H17F3O2. The SMILES string of the molecule is CC(C)CCCOc1ccc(C=O)c(C(F)(F)F)c1. The molecule has 106 valence electrons. The number of benzene rings is 1. The molecule has 0 fully saturated rings. The summed E-state index contributed by atoms with van der Waals surface area (Å²) in [6.45, 7) is 4.51. The van der Waals surface area contributed by atoms with Crippen molar-refractivity contribution >= 4 is 6.29 Å². The minimum Gasteiger partial charge on any atom is -0.494 e. The van der Waals surface area contributed by atoms with Crippen molar-refractivity contribution in [1.29, 1.82) is 0 Å². The van der Waals surface area contributed by atoms with Gasteiger partial charge in [0.05, 0.1) is 12.2 Å². The maximum Gasteiger partial charge on any atom is 0.417 e. The van der Waals surface area contributed by atoms with Crippen molar-refractivity contribution < 1.29 is 22.7 Å². The molecule has 1 aromatic rings. The van der Waals surface area contributed by atoms with Crippen LogP contribution in [0.1, 0.15) is 42.6 Å². The lowest BCUT2D eigenvalue weighted by Crippen LogP contribution is -2.09. The molecular weight excluding hydrogens is 257 g/mol. The van der Waals surface area contributed by atoms with Gasteiger partial charge in [0.15, 0.2) is 6.29 Å². The molecule has 0 unspecified atom stereocenters. The highest BCUT2D eigenvalue weighted by Crippen LogP contribution is 2.33. The minimum absolute atomic E-state index is 0.140. The fraction of sp³-hybridized carbons (Fsp3) is 0.500. The van der Waals surface area contributed by atoms with Crippen molar-refractivity contribution in [2.75, 3.05) is 6.61 Å². The maximum absolute atomic E-state index is 12.7. The number of hydrogen-bond acceptors (Lipinski definition) is 2. The zero-order valence-corrected chi connectivity index (χ0v) is 11.0. The van der Waals surface area contributed by atoms with Crippen LogP contribution in [0.5, 0.6) is 5.75 Å². The highest BCUT2D eigenvalue weighted by molar-refractivity contribution is 5.78. The van der Waals surface area contributed by atoms with Gasteiger partial charge in [0.25, 0.3) is 0 Å². The molecule has 19 heavy (non-hydrogen) atoms. The number of alkyl halides is 3. The summed E-state index contributed by atoms with van der Waals surface area (Å²) in [7, 11) is 0. The zero-order valence-electron chi connectivity index (χ0n) is 11.0. The van der Waals surface area contributed by atoms with E-state index in [2.05, 4.69) is 13.8 Å². The highest BCUT2D eigenvalue weighted by Gasteiger charge is 2.33. The summed E-state index contributed by atoms with van der Waals surface area (Å²) in [5, 5.41) is 0. The Hall–Kier alpha value is -1.52. The van der Waals surface area contributed by atoms with Gasteiger partial charge in [-0.3, -0.25) is 4.79 Å². The molecule has 0 atom stereocenters. The molecule has 0 saturated heterocycles. The summed E-state index contributed by atoms with van der Waals surface area (Å²) in [6, 6.07) is 3.39. The Labute approximate surface area is 110 Å². The van der Waals surface area contributed by atoms with E-state index in [4.69, 9.17) is 4.74 Å². The van der Waals surface area contributed by atoms with E-state index in [9.17, 15) is 18.0 Å². The second kappa shape index (κ2) is 6.59. The fourth-order valence-corrected chi connectivity index (χ4v) is 1.66. The van der Waals surface area contributed by atoms with E-state index in [-0.39, 0.29) is 17.6 Å². The minimum atomic E-state index is -4.55. The molecule has 0 radical (unpaired) electrons. The van der Waals surface area contributed by atoms with Crippen molar-refractivity contribution in [2.24, 2.45) is 5.92 Å². The normalized spacial score (nSPS) is 11.7. The van der Waals surface area contributed by atoms with Crippen LogP contribution < -0.4 is 4.74 Å². The second-order valence-corrected chi connectivity index (χ2v) is 4.75. The molecule has 0 spiro atoms. The largest absolute Gasteiger partial charge is 0.494 e. The molecule has 0 amide bonds. The van der Waals surface area contributed by atoms with E-state index in [1.807, 2.05) is 0 Å². The fourth-order valence-electron chi connectivity index (χ4n) is 1.66. The first-order valence-corrected chi connectivity index (χ1v) is 6.14. The predicted octanol–water partition coefficient (Wildman–Crippen LogP) is 4.33. The van der Waals surface area contributed by atoms with E-state index in [0.29, 0.717) is 12.5 Å². The molecule has 0 aliphatic carbocycles. The summed E-state index contributed by atoms with van der Waals surface area (Å²) in [4.78, 5) is 10.6. The van der Waals surface area contributed by atoms with Gasteiger partial charge in [0.1, 0.15) is 5.75 Å². The average Bonchev–Trinajstić information content (AvgIpc) is 2.33. The molecule has 0 aliphatic heterocycles. The van der Waals surface area contributed by atoms with Crippen molar-refractivity contribution in [3.05, 3.63) is 29.3 Å². The first kappa shape index (κ1) is 15.5. The lowest BCUT2D eigenvalue weighted by molar-refractivity contribution is -0.137. The number of halogens is 3. The van der Waals surface area contributed by atoms with E-state index in [0.717, 1.165) is 25.0 Å². The Bertz CT molecular complexity index is 425.